The molecular formula is C22H15N7O. The number of hydrogen-bond donors (Lipinski definition) is 1. The molecule has 8 nitrogen and oxygen atoms in total. The zero-order chi connectivity index (χ0) is 20.7. The van der Waals surface area contributed by atoms with Crippen molar-refractivity contribution in [2.24, 2.45) is 0 Å². The van der Waals surface area contributed by atoms with Crippen LogP contribution in [0.1, 0.15) is 16.1 Å². The van der Waals surface area contributed by atoms with Gasteiger partial charge in [0.2, 0.25) is 0 Å². The summed E-state index contributed by atoms with van der Waals surface area (Å²) < 4.78 is 1.85. The van der Waals surface area contributed by atoms with Gasteiger partial charge in [0.1, 0.15) is 5.69 Å². The number of carbonyl (C=O) groups is 1. The van der Waals surface area contributed by atoms with Crippen molar-refractivity contribution in [2.45, 2.75) is 0 Å². The molecule has 0 radical (unpaired) electrons. The molecule has 144 valence electrons. The summed E-state index contributed by atoms with van der Waals surface area (Å²) in [6.07, 6.45) is 6.80. The highest BCUT2D eigenvalue weighted by molar-refractivity contribution is 6.04. The first kappa shape index (κ1) is 17.6. The van der Waals surface area contributed by atoms with Crippen LogP contribution in [0.5, 0.6) is 0 Å². The van der Waals surface area contributed by atoms with E-state index in [0.717, 1.165) is 22.2 Å². The molecule has 0 aliphatic rings. The van der Waals surface area contributed by atoms with E-state index in [0.29, 0.717) is 16.9 Å². The number of aromatic nitrogens is 5. The van der Waals surface area contributed by atoms with Gasteiger partial charge in [-0.25, -0.2) is 9.97 Å². The van der Waals surface area contributed by atoms with Crippen LogP contribution in [0.4, 0.5) is 5.69 Å². The number of nitriles is 1. The number of amides is 1. The Morgan fingerprint density at radius 2 is 1.93 bits per heavy atom. The Kier molecular flexibility index (Phi) is 4.00. The third kappa shape index (κ3) is 2.86. The lowest BCUT2D eigenvalue weighted by Gasteiger charge is -2.17. The standard InChI is InChI=1S/C22H15N7O/c1-28(17-6-2-14(9-23)3-7-17)22(30)19-13-29-20(11-25-21(29)12-24-19)15-4-5-16-10-26-27-18(16)8-15/h2-8,10-13H,1H3,(H,26,27). The summed E-state index contributed by atoms with van der Waals surface area (Å²) in [5.74, 6) is -0.259. The topological polar surface area (TPSA) is 103 Å². The third-order valence-corrected chi connectivity index (χ3v) is 5.04. The van der Waals surface area contributed by atoms with Crippen molar-refractivity contribution in [3.05, 3.63) is 78.5 Å². The Labute approximate surface area is 171 Å². The quantitative estimate of drug-likeness (QED) is 0.506. The second-order valence-electron chi connectivity index (χ2n) is 6.84. The van der Waals surface area contributed by atoms with E-state index in [2.05, 4.69) is 26.2 Å². The van der Waals surface area contributed by atoms with Crippen LogP contribution in [-0.2, 0) is 0 Å². The molecule has 0 bridgehead atoms. The van der Waals surface area contributed by atoms with Gasteiger partial charge in [-0.15, -0.1) is 0 Å². The summed E-state index contributed by atoms with van der Waals surface area (Å²) in [6, 6.07) is 14.9. The van der Waals surface area contributed by atoms with Gasteiger partial charge >= 0.3 is 0 Å². The van der Waals surface area contributed by atoms with E-state index >= 15 is 0 Å². The van der Waals surface area contributed by atoms with Gasteiger partial charge in [0.15, 0.2) is 5.65 Å². The number of hydrogen-bond acceptors (Lipinski definition) is 5. The van der Waals surface area contributed by atoms with Crippen LogP contribution >= 0.6 is 0 Å². The van der Waals surface area contributed by atoms with Crippen molar-refractivity contribution in [1.82, 2.24) is 24.6 Å². The fourth-order valence-corrected chi connectivity index (χ4v) is 3.36. The number of H-pyrrole nitrogens is 1. The van der Waals surface area contributed by atoms with Crippen molar-refractivity contribution in [1.29, 1.82) is 5.26 Å². The number of rotatable bonds is 3. The lowest BCUT2D eigenvalue weighted by Crippen LogP contribution is -2.27. The maximum atomic E-state index is 13.0. The fourth-order valence-electron chi connectivity index (χ4n) is 3.36. The summed E-state index contributed by atoms with van der Waals surface area (Å²) in [6.45, 7) is 0. The molecule has 5 aromatic rings. The highest BCUT2D eigenvalue weighted by Gasteiger charge is 2.17. The molecule has 0 saturated heterocycles. The van der Waals surface area contributed by atoms with Crippen LogP contribution in [0.25, 0.3) is 27.8 Å². The number of anilines is 1. The van der Waals surface area contributed by atoms with E-state index in [9.17, 15) is 4.79 Å². The highest BCUT2D eigenvalue weighted by Crippen LogP contribution is 2.25. The van der Waals surface area contributed by atoms with Crippen molar-refractivity contribution in [2.75, 3.05) is 11.9 Å². The first-order valence-corrected chi connectivity index (χ1v) is 9.19. The van der Waals surface area contributed by atoms with E-state index in [1.807, 2.05) is 22.6 Å². The highest BCUT2D eigenvalue weighted by atomic mass is 16.2. The molecule has 1 amide bonds. The van der Waals surface area contributed by atoms with Crippen LogP contribution in [0.15, 0.2) is 67.3 Å². The molecule has 0 aliphatic carbocycles. The van der Waals surface area contributed by atoms with Gasteiger partial charge in [-0.3, -0.25) is 14.3 Å². The Balaban J connectivity index is 1.53. The van der Waals surface area contributed by atoms with Crippen molar-refractivity contribution in [3.8, 4) is 17.3 Å². The number of imidazole rings is 1. The van der Waals surface area contributed by atoms with Crippen molar-refractivity contribution in [3.63, 3.8) is 0 Å². The van der Waals surface area contributed by atoms with E-state index in [4.69, 9.17) is 5.26 Å². The molecule has 0 atom stereocenters. The van der Waals surface area contributed by atoms with Crippen molar-refractivity contribution >= 4 is 28.1 Å². The predicted molar refractivity (Wildman–Crippen MR) is 112 cm³/mol. The molecule has 30 heavy (non-hydrogen) atoms. The maximum Gasteiger partial charge on any atom is 0.278 e. The summed E-state index contributed by atoms with van der Waals surface area (Å²) >= 11 is 0. The fraction of sp³-hybridized carbons (Fsp3) is 0.0455. The number of nitrogens with zero attached hydrogens (tertiary/aromatic N) is 6. The minimum absolute atomic E-state index is 0.259. The summed E-state index contributed by atoms with van der Waals surface area (Å²) in [5.41, 5.74) is 4.87. The second-order valence-corrected chi connectivity index (χ2v) is 6.84. The summed E-state index contributed by atoms with van der Waals surface area (Å²) in [5, 5.41) is 17.0. The molecule has 2 aromatic carbocycles. The zero-order valence-corrected chi connectivity index (χ0v) is 15.9. The molecule has 3 heterocycles. The Hall–Kier alpha value is -4.51. The largest absolute Gasteiger partial charge is 0.310 e. The van der Waals surface area contributed by atoms with E-state index in [-0.39, 0.29) is 11.6 Å². The van der Waals surface area contributed by atoms with Crippen LogP contribution in [0, 0.1) is 11.3 Å². The van der Waals surface area contributed by atoms with Gasteiger partial charge in [0.25, 0.3) is 5.91 Å². The first-order valence-electron chi connectivity index (χ1n) is 9.19. The molecule has 0 unspecified atom stereocenters. The minimum atomic E-state index is -0.259. The number of aromatic amines is 1. The van der Waals surface area contributed by atoms with Crippen LogP contribution in [0.2, 0.25) is 0 Å². The Morgan fingerprint density at radius 1 is 1.10 bits per heavy atom. The summed E-state index contributed by atoms with van der Waals surface area (Å²) in [7, 11) is 1.68. The van der Waals surface area contributed by atoms with Crippen LogP contribution in [0.3, 0.4) is 0 Å². The lowest BCUT2D eigenvalue weighted by atomic mass is 10.1. The molecule has 0 spiro atoms. The van der Waals surface area contributed by atoms with Gasteiger partial charge in [-0.2, -0.15) is 10.4 Å². The number of benzene rings is 2. The Bertz CT molecular complexity index is 1440. The van der Waals surface area contributed by atoms with Gasteiger partial charge in [0.05, 0.1) is 41.4 Å². The molecule has 0 fully saturated rings. The SMILES string of the molecule is CN(C(=O)c1cn2c(-c3ccc4cn[nH]c4c3)cnc2cn1)c1ccc(C#N)cc1. The van der Waals surface area contributed by atoms with Gasteiger partial charge in [-0.1, -0.05) is 12.1 Å². The Morgan fingerprint density at radius 3 is 2.73 bits per heavy atom. The van der Waals surface area contributed by atoms with E-state index in [1.165, 1.54) is 4.90 Å². The molecule has 1 N–H and O–H groups in total. The third-order valence-electron chi connectivity index (χ3n) is 5.04. The normalized spacial score (nSPS) is 10.9. The van der Waals surface area contributed by atoms with E-state index < -0.39 is 0 Å². The predicted octanol–water partition coefficient (Wildman–Crippen LogP) is 3.42. The maximum absolute atomic E-state index is 13.0. The number of carbonyl (C=O) groups excluding carboxylic acids is 1. The number of nitrogens with one attached hydrogen (secondary N) is 1. The van der Waals surface area contributed by atoms with Crippen LogP contribution in [-0.4, -0.2) is 37.5 Å². The molecule has 3 aromatic heterocycles. The first-order chi connectivity index (χ1) is 14.6. The minimum Gasteiger partial charge on any atom is -0.310 e. The van der Waals surface area contributed by atoms with E-state index in [1.54, 1.807) is 56.1 Å². The number of fused-ring (bicyclic) bond motifs is 2. The molecule has 5 rings (SSSR count). The molecular weight excluding hydrogens is 378 g/mol. The monoisotopic (exact) mass is 393 g/mol. The average Bonchev–Trinajstić information content (AvgIpc) is 3.44. The second kappa shape index (κ2) is 6.83. The zero-order valence-electron chi connectivity index (χ0n) is 15.9. The molecule has 8 heteroatoms. The average molecular weight is 393 g/mol. The molecule has 0 saturated carbocycles. The van der Waals surface area contributed by atoms with Crippen molar-refractivity contribution < 1.29 is 4.79 Å². The summed E-state index contributed by atoms with van der Waals surface area (Å²) in [4.78, 5) is 23.2. The van der Waals surface area contributed by atoms with Gasteiger partial charge in [-0.05, 0) is 30.3 Å². The lowest BCUT2D eigenvalue weighted by molar-refractivity contribution is 0.0988. The van der Waals surface area contributed by atoms with Crippen LogP contribution < -0.4 is 4.90 Å². The molecule has 0 aliphatic heterocycles. The van der Waals surface area contributed by atoms with Gasteiger partial charge < -0.3 is 4.90 Å². The smallest absolute Gasteiger partial charge is 0.278 e. The van der Waals surface area contributed by atoms with Gasteiger partial charge in [0, 0.05) is 29.9 Å².